The van der Waals surface area contributed by atoms with E-state index in [2.05, 4.69) is 45.7 Å². The van der Waals surface area contributed by atoms with Gasteiger partial charge in [0.05, 0.1) is 0 Å². The summed E-state index contributed by atoms with van der Waals surface area (Å²) >= 11 is 0. The van der Waals surface area contributed by atoms with E-state index in [1.165, 1.54) is 27.9 Å². The smallest absolute Gasteiger partial charge is 0.0443 e. The Balaban J connectivity index is 3.29. The number of anilines is 1. The molecule has 0 spiro atoms. The second-order valence-corrected chi connectivity index (χ2v) is 4.04. The van der Waals surface area contributed by atoms with E-state index in [-0.39, 0.29) is 0 Å². The molecule has 0 radical (unpaired) electrons. The number of benzene rings is 1. The summed E-state index contributed by atoms with van der Waals surface area (Å²) in [6, 6.07) is 2.22. The van der Waals surface area contributed by atoms with E-state index < -0.39 is 0 Å². The fraction of sp³-hybridized carbons (Fsp3) is 0.385. The fourth-order valence-electron chi connectivity index (χ4n) is 1.69. The summed E-state index contributed by atoms with van der Waals surface area (Å²) in [5.74, 6) is 0. The van der Waals surface area contributed by atoms with Gasteiger partial charge in [0.2, 0.25) is 0 Å². The van der Waals surface area contributed by atoms with E-state index in [4.69, 9.17) is 0 Å². The molecular weight excluding hydrogens is 170 g/mol. The minimum Gasteiger partial charge on any atom is -0.359 e. The Morgan fingerprint density at radius 2 is 1.64 bits per heavy atom. The molecule has 0 saturated heterocycles. The van der Waals surface area contributed by atoms with Crippen LogP contribution >= 0.6 is 0 Å². The first kappa shape index (κ1) is 10.8. The van der Waals surface area contributed by atoms with Crippen molar-refractivity contribution in [1.29, 1.82) is 0 Å². The van der Waals surface area contributed by atoms with Crippen LogP contribution in [0.4, 0.5) is 5.69 Å². The molecule has 0 bridgehead atoms. The molecule has 0 heterocycles. The molecule has 1 heteroatoms. The van der Waals surface area contributed by atoms with Crippen LogP contribution in [0.2, 0.25) is 0 Å². The molecule has 1 aromatic carbocycles. The van der Waals surface area contributed by atoms with Crippen LogP contribution in [-0.2, 0) is 0 Å². The highest BCUT2D eigenvalue weighted by Gasteiger charge is 2.07. The third kappa shape index (κ3) is 1.98. The SMILES string of the molecule is C=C(C)Nc1c(C)cc(C)c(C)c1C. The number of rotatable bonds is 2. The van der Waals surface area contributed by atoms with Gasteiger partial charge in [0.15, 0.2) is 0 Å². The van der Waals surface area contributed by atoms with Crippen LogP contribution < -0.4 is 5.32 Å². The maximum absolute atomic E-state index is 3.87. The maximum Gasteiger partial charge on any atom is 0.0443 e. The molecule has 14 heavy (non-hydrogen) atoms. The second kappa shape index (κ2) is 3.87. The zero-order chi connectivity index (χ0) is 10.9. The average molecular weight is 189 g/mol. The van der Waals surface area contributed by atoms with Crippen LogP contribution in [0.25, 0.3) is 0 Å². The molecule has 0 aliphatic carbocycles. The lowest BCUT2D eigenvalue weighted by molar-refractivity contribution is 1.21. The van der Waals surface area contributed by atoms with Gasteiger partial charge in [-0.2, -0.15) is 0 Å². The molecule has 1 rings (SSSR count). The van der Waals surface area contributed by atoms with Gasteiger partial charge in [0.25, 0.3) is 0 Å². The van der Waals surface area contributed by atoms with Crippen LogP contribution in [0.5, 0.6) is 0 Å². The lowest BCUT2D eigenvalue weighted by Crippen LogP contribution is -2.01. The maximum atomic E-state index is 3.87. The van der Waals surface area contributed by atoms with Crippen molar-refractivity contribution < 1.29 is 0 Å². The fourth-order valence-corrected chi connectivity index (χ4v) is 1.69. The number of nitrogens with one attached hydrogen (secondary N) is 1. The Bertz CT molecular complexity index is 375. The number of allylic oxidation sites excluding steroid dienone is 1. The molecule has 0 aliphatic heterocycles. The summed E-state index contributed by atoms with van der Waals surface area (Å²) < 4.78 is 0. The zero-order valence-electron chi connectivity index (χ0n) is 9.78. The second-order valence-electron chi connectivity index (χ2n) is 4.04. The Morgan fingerprint density at radius 3 is 2.14 bits per heavy atom. The van der Waals surface area contributed by atoms with Crippen molar-refractivity contribution in [3.8, 4) is 0 Å². The highest BCUT2D eigenvalue weighted by atomic mass is 14.9. The highest BCUT2D eigenvalue weighted by Crippen LogP contribution is 2.26. The first-order valence-corrected chi connectivity index (χ1v) is 4.93. The molecule has 1 nitrogen and oxygen atoms in total. The molecule has 0 saturated carbocycles. The third-order valence-corrected chi connectivity index (χ3v) is 2.69. The van der Waals surface area contributed by atoms with Gasteiger partial charge in [-0.3, -0.25) is 0 Å². The van der Waals surface area contributed by atoms with Crippen molar-refractivity contribution in [2.45, 2.75) is 34.6 Å². The number of hydrogen-bond donors (Lipinski definition) is 1. The molecule has 0 fully saturated rings. The van der Waals surface area contributed by atoms with Crippen molar-refractivity contribution in [1.82, 2.24) is 0 Å². The van der Waals surface area contributed by atoms with E-state index in [0.717, 1.165) is 5.70 Å². The molecule has 0 amide bonds. The number of aryl methyl sites for hydroxylation is 2. The molecule has 0 aliphatic rings. The molecule has 76 valence electrons. The quantitative estimate of drug-likeness (QED) is 0.744. The van der Waals surface area contributed by atoms with Crippen LogP contribution in [0.15, 0.2) is 18.3 Å². The predicted octanol–water partition coefficient (Wildman–Crippen LogP) is 3.87. The predicted molar refractivity (Wildman–Crippen MR) is 63.8 cm³/mol. The van der Waals surface area contributed by atoms with Gasteiger partial charge in [0, 0.05) is 11.4 Å². The van der Waals surface area contributed by atoms with E-state index in [0.29, 0.717) is 0 Å². The van der Waals surface area contributed by atoms with E-state index in [1.807, 2.05) is 6.92 Å². The van der Waals surface area contributed by atoms with Gasteiger partial charge < -0.3 is 5.32 Å². The van der Waals surface area contributed by atoms with Crippen LogP contribution in [0, 0.1) is 27.7 Å². The standard InChI is InChI=1S/C13H19N/c1-8(2)14-13-10(4)7-9(3)11(5)12(13)6/h7,14H,1H2,2-6H3. The highest BCUT2D eigenvalue weighted by molar-refractivity contribution is 5.63. The van der Waals surface area contributed by atoms with Gasteiger partial charge in [-0.05, 0) is 56.9 Å². The first-order chi connectivity index (χ1) is 6.43. The van der Waals surface area contributed by atoms with E-state index >= 15 is 0 Å². The third-order valence-electron chi connectivity index (χ3n) is 2.69. The van der Waals surface area contributed by atoms with Gasteiger partial charge in [-0.1, -0.05) is 12.6 Å². The van der Waals surface area contributed by atoms with E-state index in [1.54, 1.807) is 0 Å². The molecule has 1 N–H and O–H groups in total. The molecular formula is C13H19N. The summed E-state index contributed by atoms with van der Waals surface area (Å²) in [6.45, 7) is 14.4. The Hall–Kier alpha value is -1.24. The summed E-state index contributed by atoms with van der Waals surface area (Å²) in [7, 11) is 0. The Morgan fingerprint density at radius 1 is 1.07 bits per heavy atom. The van der Waals surface area contributed by atoms with Crippen molar-refractivity contribution in [3.63, 3.8) is 0 Å². The van der Waals surface area contributed by atoms with Crippen LogP contribution in [-0.4, -0.2) is 0 Å². The largest absolute Gasteiger partial charge is 0.359 e. The Kier molecular flexibility index (Phi) is 3.00. The zero-order valence-corrected chi connectivity index (χ0v) is 9.78. The lowest BCUT2D eigenvalue weighted by atomic mass is 9.98. The monoisotopic (exact) mass is 189 g/mol. The number of hydrogen-bond acceptors (Lipinski definition) is 1. The average Bonchev–Trinajstić information content (AvgIpc) is 2.09. The molecule has 0 atom stereocenters. The van der Waals surface area contributed by atoms with Crippen molar-refractivity contribution in [2.75, 3.05) is 5.32 Å². The van der Waals surface area contributed by atoms with Crippen molar-refractivity contribution in [3.05, 3.63) is 40.6 Å². The summed E-state index contributed by atoms with van der Waals surface area (Å²) in [5.41, 5.74) is 7.52. The van der Waals surface area contributed by atoms with Gasteiger partial charge >= 0.3 is 0 Å². The Labute approximate surface area is 86.8 Å². The van der Waals surface area contributed by atoms with Gasteiger partial charge in [-0.25, -0.2) is 0 Å². The summed E-state index contributed by atoms with van der Waals surface area (Å²) in [4.78, 5) is 0. The first-order valence-electron chi connectivity index (χ1n) is 4.93. The molecule has 0 unspecified atom stereocenters. The summed E-state index contributed by atoms with van der Waals surface area (Å²) in [5, 5.41) is 3.31. The van der Waals surface area contributed by atoms with Crippen LogP contribution in [0.1, 0.15) is 29.2 Å². The molecule has 0 aromatic heterocycles. The lowest BCUT2D eigenvalue weighted by Gasteiger charge is -2.16. The van der Waals surface area contributed by atoms with E-state index in [9.17, 15) is 0 Å². The topological polar surface area (TPSA) is 12.0 Å². The van der Waals surface area contributed by atoms with Crippen LogP contribution in [0.3, 0.4) is 0 Å². The van der Waals surface area contributed by atoms with Gasteiger partial charge in [-0.15, -0.1) is 0 Å². The minimum absolute atomic E-state index is 0.986. The van der Waals surface area contributed by atoms with Crippen molar-refractivity contribution in [2.24, 2.45) is 0 Å². The molecule has 1 aromatic rings. The van der Waals surface area contributed by atoms with Gasteiger partial charge in [0.1, 0.15) is 0 Å². The van der Waals surface area contributed by atoms with Crippen molar-refractivity contribution >= 4 is 5.69 Å². The minimum atomic E-state index is 0.986. The summed E-state index contributed by atoms with van der Waals surface area (Å²) in [6.07, 6.45) is 0. The normalized spacial score (nSPS) is 10.1.